The Labute approximate surface area is 153 Å². The minimum Gasteiger partial charge on any atom is -0.460 e. The van der Waals surface area contributed by atoms with Gasteiger partial charge in [-0.1, -0.05) is 37.5 Å². The van der Waals surface area contributed by atoms with Crippen LogP contribution in [0.1, 0.15) is 48.4 Å². The highest BCUT2D eigenvalue weighted by molar-refractivity contribution is 5.94. The van der Waals surface area contributed by atoms with Crippen LogP contribution < -0.4 is 5.32 Å². The minimum atomic E-state index is -0.0808. The summed E-state index contributed by atoms with van der Waals surface area (Å²) in [5.41, 5.74) is 2.05. The quantitative estimate of drug-likeness (QED) is 0.754. The van der Waals surface area contributed by atoms with E-state index in [2.05, 4.69) is 10.4 Å². The van der Waals surface area contributed by atoms with Crippen molar-refractivity contribution >= 4 is 5.91 Å². The van der Waals surface area contributed by atoms with Gasteiger partial charge in [-0.3, -0.25) is 4.79 Å². The predicted molar refractivity (Wildman–Crippen MR) is 100 cm³/mol. The molecule has 1 N–H and O–H groups in total. The molecule has 0 atom stereocenters. The summed E-state index contributed by atoms with van der Waals surface area (Å²) in [7, 11) is 0. The van der Waals surface area contributed by atoms with Gasteiger partial charge in [0.15, 0.2) is 5.76 Å². The Morgan fingerprint density at radius 2 is 1.88 bits per heavy atom. The van der Waals surface area contributed by atoms with Crippen LogP contribution in [0.5, 0.6) is 0 Å². The van der Waals surface area contributed by atoms with Gasteiger partial charge in [-0.25, -0.2) is 4.68 Å². The molecule has 134 valence electrons. The molecule has 2 heterocycles. The second-order valence-electron chi connectivity index (χ2n) is 6.88. The lowest BCUT2D eigenvalue weighted by Crippen LogP contribution is -2.37. The number of furan rings is 1. The van der Waals surface area contributed by atoms with E-state index < -0.39 is 0 Å². The van der Waals surface area contributed by atoms with Crippen LogP contribution in [0.3, 0.4) is 0 Å². The summed E-state index contributed by atoms with van der Waals surface area (Å²) in [5, 5.41) is 7.83. The first-order valence-corrected chi connectivity index (χ1v) is 9.24. The number of carbonyl (C=O) groups is 1. The largest absolute Gasteiger partial charge is 0.460 e. The molecule has 1 amide bonds. The molecule has 1 fully saturated rings. The number of hydrogen-bond donors (Lipinski definition) is 1. The standard InChI is InChI=1S/C21H23N3O2/c1-15-12-13-20(26-15)18-14-19(21(25)22-16-8-4-2-5-9-16)24(23-18)17-10-6-3-7-11-17/h3,6-7,10-14,16H,2,4-5,8-9H2,1H3,(H,22,25). The van der Waals surface area contributed by atoms with Gasteiger partial charge in [0, 0.05) is 12.1 Å². The van der Waals surface area contributed by atoms with Gasteiger partial charge >= 0.3 is 0 Å². The van der Waals surface area contributed by atoms with Crippen molar-refractivity contribution in [3.8, 4) is 17.1 Å². The molecule has 1 aliphatic carbocycles. The number of hydrogen-bond acceptors (Lipinski definition) is 3. The van der Waals surface area contributed by atoms with Gasteiger partial charge in [0.25, 0.3) is 5.91 Å². The van der Waals surface area contributed by atoms with Crippen LogP contribution in [-0.2, 0) is 0 Å². The van der Waals surface area contributed by atoms with Crippen molar-refractivity contribution in [2.75, 3.05) is 0 Å². The number of nitrogens with one attached hydrogen (secondary N) is 1. The van der Waals surface area contributed by atoms with E-state index in [1.807, 2.05) is 55.5 Å². The Bertz CT molecular complexity index is 889. The van der Waals surface area contributed by atoms with E-state index in [0.29, 0.717) is 17.1 Å². The topological polar surface area (TPSA) is 60.1 Å². The molecule has 0 saturated heterocycles. The van der Waals surface area contributed by atoms with Gasteiger partial charge in [-0.2, -0.15) is 5.10 Å². The fraction of sp³-hybridized carbons (Fsp3) is 0.333. The number of nitrogens with zero attached hydrogens (tertiary/aromatic N) is 2. The average molecular weight is 349 g/mol. The number of rotatable bonds is 4. The van der Waals surface area contributed by atoms with Crippen LogP contribution in [0.25, 0.3) is 17.1 Å². The second kappa shape index (κ2) is 7.20. The number of amides is 1. The van der Waals surface area contributed by atoms with E-state index in [4.69, 9.17) is 4.42 Å². The monoisotopic (exact) mass is 349 g/mol. The predicted octanol–water partition coefficient (Wildman–Crippen LogP) is 4.50. The van der Waals surface area contributed by atoms with E-state index in [-0.39, 0.29) is 11.9 Å². The Morgan fingerprint density at radius 1 is 1.12 bits per heavy atom. The fourth-order valence-corrected chi connectivity index (χ4v) is 3.51. The van der Waals surface area contributed by atoms with Gasteiger partial charge in [0.05, 0.1) is 5.69 Å². The molecule has 5 heteroatoms. The van der Waals surface area contributed by atoms with Gasteiger partial charge in [-0.05, 0) is 44.0 Å². The summed E-state index contributed by atoms with van der Waals surface area (Å²) in [4.78, 5) is 13.0. The highest BCUT2D eigenvalue weighted by atomic mass is 16.3. The molecule has 26 heavy (non-hydrogen) atoms. The van der Waals surface area contributed by atoms with Gasteiger partial charge in [-0.15, -0.1) is 0 Å². The van der Waals surface area contributed by atoms with Crippen LogP contribution in [-0.4, -0.2) is 21.7 Å². The molecule has 0 unspecified atom stereocenters. The third kappa shape index (κ3) is 3.43. The maximum absolute atomic E-state index is 13.0. The van der Waals surface area contributed by atoms with Gasteiger partial charge < -0.3 is 9.73 Å². The van der Waals surface area contributed by atoms with E-state index >= 15 is 0 Å². The van der Waals surface area contributed by atoms with Crippen LogP contribution in [0.2, 0.25) is 0 Å². The minimum absolute atomic E-state index is 0.0808. The third-order valence-corrected chi connectivity index (χ3v) is 4.88. The summed E-state index contributed by atoms with van der Waals surface area (Å²) < 4.78 is 7.40. The van der Waals surface area contributed by atoms with E-state index in [0.717, 1.165) is 24.3 Å². The SMILES string of the molecule is Cc1ccc(-c2cc(C(=O)NC3CCCCC3)n(-c3ccccc3)n2)o1. The zero-order valence-corrected chi connectivity index (χ0v) is 14.9. The van der Waals surface area contributed by atoms with Crippen molar-refractivity contribution in [1.82, 2.24) is 15.1 Å². The van der Waals surface area contributed by atoms with Crippen LogP contribution in [0.4, 0.5) is 0 Å². The lowest BCUT2D eigenvalue weighted by Gasteiger charge is -2.22. The van der Waals surface area contributed by atoms with Crippen molar-refractivity contribution < 1.29 is 9.21 Å². The summed E-state index contributed by atoms with van der Waals surface area (Å²) in [6.07, 6.45) is 5.72. The molecule has 2 aromatic heterocycles. The van der Waals surface area contributed by atoms with Gasteiger partial charge in [0.2, 0.25) is 0 Å². The Kier molecular flexibility index (Phi) is 4.61. The summed E-state index contributed by atoms with van der Waals surface area (Å²) in [5.74, 6) is 1.41. The number of carbonyl (C=O) groups excluding carboxylic acids is 1. The fourth-order valence-electron chi connectivity index (χ4n) is 3.51. The molecular formula is C21H23N3O2. The van der Waals surface area contributed by atoms with Crippen LogP contribution in [0.15, 0.2) is 52.9 Å². The Hall–Kier alpha value is -2.82. The second-order valence-corrected chi connectivity index (χ2v) is 6.88. The van der Waals surface area contributed by atoms with E-state index in [1.54, 1.807) is 4.68 Å². The smallest absolute Gasteiger partial charge is 0.270 e. The maximum Gasteiger partial charge on any atom is 0.270 e. The first-order chi connectivity index (χ1) is 12.7. The van der Waals surface area contributed by atoms with Crippen molar-refractivity contribution in [3.05, 3.63) is 60.0 Å². The van der Waals surface area contributed by atoms with E-state index in [9.17, 15) is 4.79 Å². The normalized spacial score (nSPS) is 15.1. The molecule has 0 radical (unpaired) electrons. The molecule has 0 aliphatic heterocycles. The number of para-hydroxylation sites is 1. The zero-order valence-electron chi connectivity index (χ0n) is 14.9. The number of aryl methyl sites for hydroxylation is 1. The molecular weight excluding hydrogens is 326 g/mol. The summed E-state index contributed by atoms with van der Waals surface area (Å²) in [6, 6.07) is 15.6. The lowest BCUT2D eigenvalue weighted by molar-refractivity contribution is 0.0920. The molecule has 0 spiro atoms. The van der Waals surface area contributed by atoms with Crippen molar-refractivity contribution in [2.24, 2.45) is 0 Å². The van der Waals surface area contributed by atoms with Crippen LogP contribution >= 0.6 is 0 Å². The highest BCUT2D eigenvalue weighted by Gasteiger charge is 2.22. The van der Waals surface area contributed by atoms with Crippen molar-refractivity contribution in [2.45, 2.75) is 45.1 Å². The summed E-state index contributed by atoms with van der Waals surface area (Å²) in [6.45, 7) is 1.90. The molecule has 0 bridgehead atoms. The molecule has 1 aromatic carbocycles. The van der Waals surface area contributed by atoms with E-state index in [1.165, 1.54) is 19.3 Å². The molecule has 3 aromatic rings. The molecule has 1 aliphatic rings. The number of aromatic nitrogens is 2. The zero-order chi connectivity index (χ0) is 17.9. The maximum atomic E-state index is 13.0. The third-order valence-electron chi connectivity index (χ3n) is 4.88. The molecule has 1 saturated carbocycles. The first kappa shape index (κ1) is 16.6. The van der Waals surface area contributed by atoms with Crippen molar-refractivity contribution in [1.29, 1.82) is 0 Å². The Balaban J connectivity index is 1.69. The highest BCUT2D eigenvalue weighted by Crippen LogP contribution is 2.24. The lowest BCUT2D eigenvalue weighted by atomic mass is 9.95. The summed E-state index contributed by atoms with van der Waals surface area (Å²) >= 11 is 0. The Morgan fingerprint density at radius 3 is 2.58 bits per heavy atom. The first-order valence-electron chi connectivity index (χ1n) is 9.24. The number of benzene rings is 1. The van der Waals surface area contributed by atoms with Crippen LogP contribution in [0, 0.1) is 6.92 Å². The average Bonchev–Trinajstić information content (AvgIpc) is 3.30. The van der Waals surface area contributed by atoms with Crippen molar-refractivity contribution in [3.63, 3.8) is 0 Å². The van der Waals surface area contributed by atoms with Gasteiger partial charge in [0.1, 0.15) is 17.1 Å². The molecule has 4 rings (SSSR count). The molecule has 5 nitrogen and oxygen atoms in total.